The highest BCUT2D eigenvalue weighted by Crippen LogP contribution is 2.31. The highest BCUT2D eigenvalue weighted by molar-refractivity contribution is 4.94. The van der Waals surface area contributed by atoms with Crippen molar-refractivity contribution in [2.24, 2.45) is 5.41 Å². The van der Waals surface area contributed by atoms with Crippen LogP contribution in [0.1, 0.15) is 60.3 Å². The molecule has 0 aromatic heterocycles. The number of fused-ring (bicyclic) bond motifs is 1. The molecule has 0 aromatic carbocycles. The van der Waals surface area contributed by atoms with Gasteiger partial charge in [-0.05, 0) is 44.6 Å². The summed E-state index contributed by atoms with van der Waals surface area (Å²) in [4.78, 5) is 5.52. The van der Waals surface area contributed by atoms with E-state index in [9.17, 15) is 0 Å². The lowest BCUT2D eigenvalue weighted by atomic mass is 9.80. The zero-order valence-corrected chi connectivity index (χ0v) is 15.0. The van der Waals surface area contributed by atoms with E-state index in [4.69, 9.17) is 0 Å². The molecule has 2 saturated heterocycles. The van der Waals surface area contributed by atoms with Crippen molar-refractivity contribution < 1.29 is 0 Å². The van der Waals surface area contributed by atoms with E-state index < -0.39 is 0 Å². The minimum atomic E-state index is 0.444. The SMILES string of the molecule is CCC(CC)(CNC(C)C)CN1CC2CCCN2CC1C. The number of piperazine rings is 1. The average Bonchev–Trinajstić information content (AvgIpc) is 2.90. The molecule has 2 heterocycles. The molecule has 0 saturated carbocycles. The quantitative estimate of drug-likeness (QED) is 0.779. The molecular formula is C18H37N3. The Balaban J connectivity index is 1.98. The first-order valence-electron chi connectivity index (χ1n) is 9.21. The van der Waals surface area contributed by atoms with Gasteiger partial charge in [0.1, 0.15) is 0 Å². The van der Waals surface area contributed by atoms with Crippen molar-refractivity contribution in [3.63, 3.8) is 0 Å². The first-order valence-corrected chi connectivity index (χ1v) is 9.21. The standard InChI is InChI=1S/C18H37N3/c1-6-18(7-2,13-19-15(3)4)14-21-12-17-9-8-10-20(17)11-16(21)5/h15-17,19H,6-14H2,1-5H3. The number of hydrogen-bond acceptors (Lipinski definition) is 3. The van der Waals surface area contributed by atoms with Gasteiger partial charge in [0.15, 0.2) is 0 Å². The van der Waals surface area contributed by atoms with Gasteiger partial charge in [-0.15, -0.1) is 0 Å². The third-order valence-corrected chi connectivity index (χ3v) is 5.99. The Bertz CT molecular complexity index is 312. The number of rotatable bonds is 7. The minimum Gasteiger partial charge on any atom is -0.314 e. The van der Waals surface area contributed by atoms with Crippen LogP contribution in [-0.2, 0) is 0 Å². The fourth-order valence-corrected chi connectivity index (χ4v) is 4.10. The molecule has 0 amide bonds. The molecule has 2 atom stereocenters. The van der Waals surface area contributed by atoms with E-state index in [2.05, 4.69) is 49.7 Å². The summed E-state index contributed by atoms with van der Waals surface area (Å²) in [6.45, 7) is 18.1. The molecule has 0 bridgehead atoms. The summed E-state index contributed by atoms with van der Waals surface area (Å²) in [5, 5.41) is 3.70. The summed E-state index contributed by atoms with van der Waals surface area (Å²) in [6.07, 6.45) is 5.38. The van der Waals surface area contributed by atoms with Gasteiger partial charge in [-0.1, -0.05) is 27.7 Å². The molecule has 2 aliphatic heterocycles. The Labute approximate surface area is 132 Å². The number of nitrogens with zero attached hydrogens (tertiary/aromatic N) is 2. The van der Waals surface area contributed by atoms with E-state index in [-0.39, 0.29) is 0 Å². The molecule has 2 aliphatic rings. The first-order chi connectivity index (χ1) is 9.99. The molecule has 124 valence electrons. The number of hydrogen-bond donors (Lipinski definition) is 1. The maximum absolute atomic E-state index is 3.70. The summed E-state index contributed by atoms with van der Waals surface area (Å²) in [5.74, 6) is 0. The van der Waals surface area contributed by atoms with E-state index in [0.29, 0.717) is 11.5 Å². The van der Waals surface area contributed by atoms with Crippen molar-refractivity contribution in [3.8, 4) is 0 Å². The van der Waals surface area contributed by atoms with Crippen LogP contribution in [0.15, 0.2) is 0 Å². The van der Waals surface area contributed by atoms with Gasteiger partial charge in [0.25, 0.3) is 0 Å². The lowest BCUT2D eigenvalue weighted by Gasteiger charge is -2.47. The van der Waals surface area contributed by atoms with Gasteiger partial charge >= 0.3 is 0 Å². The molecule has 1 N–H and O–H groups in total. The molecule has 2 fully saturated rings. The van der Waals surface area contributed by atoms with Gasteiger partial charge < -0.3 is 5.32 Å². The number of nitrogens with one attached hydrogen (secondary N) is 1. The lowest BCUT2D eigenvalue weighted by Crippen LogP contribution is -2.58. The van der Waals surface area contributed by atoms with E-state index in [1.165, 1.54) is 51.9 Å². The van der Waals surface area contributed by atoms with Gasteiger partial charge in [0.2, 0.25) is 0 Å². The molecule has 2 rings (SSSR count). The van der Waals surface area contributed by atoms with E-state index >= 15 is 0 Å². The van der Waals surface area contributed by atoms with Crippen LogP contribution in [0.4, 0.5) is 0 Å². The van der Waals surface area contributed by atoms with E-state index in [1.54, 1.807) is 0 Å². The first kappa shape index (κ1) is 17.2. The van der Waals surface area contributed by atoms with Crippen molar-refractivity contribution in [1.29, 1.82) is 0 Å². The maximum Gasteiger partial charge on any atom is 0.0224 e. The van der Waals surface area contributed by atoms with Crippen molar-refractivity contribution >= 4 is 0 Å². The van der Waals surface area contributed by atoms with Crippen LogP contribution in [0.3, 0.4) is 0 Å². The molecule has 2 unspecified atom stereocenters. The summed E-state index contributed by atoms with van der Waals surface area (Å²) < 4.78 is 0. The molecule has 21 heavy (non-hydrogen) atoms. The Morgan fingerprint density at radius 1 is 1.19 bits per heavy atom. The second-order valence-corrected chi connectivity index (χ2v) is 7.81. The van der Waals surface area contributed by atoms with Gasteiger partial charge in [0, 0.05) is 44.3 Å². The zero-order chi connectivity index (χ0) is 15.5. The largest absolute Gasteiger partial charge is 0.314 e. The fourth-order valence-electron chi connectivity index (χ4n) is 4.10. The third-order valence-electron chi connectivity index (χ3n) is 5.99. The van der Waals surface area contributed by atoms with Gasteiger partial charge in [-0.3, -0.25) is 9.80 Å². The lowest BCUT2D eigenvalue weighted by molar-refractivity contribution is 0.0219. The van der Waals surface area contributed by atoms with Crippen LogP contribution in [0.2, 0.25) is 0 Å². The second kappa shape index (κ2) is 7.43. The van der Waals surface area contributed by atoms with E-state index in [0.717, 1.165) is 18.6 Å². The van der Waals surface area contributed by atoms with Crippen molar-refractivity contribution in [2.45, 2.75) is 78.4 Å². The molecule has 0 aliphatic carbocycles. The molecular weight excluding hydrogens is 258 g/mol. The summed E-state index contributed by atoms with van der Waals surface area (Å²) in [5.41, 5.74) is 0.444. The smallest absolute Gasteiger partial charge is 0.0224 e. The van der Waals surface area contributed by atoms with Crippen LogP contribution >= 0.6 is 0 Å². The predicted octanol–water partition coefficient (Wildman–Crippen LogP) is 2.96. The van der Waals surface area contributed by atoms with Crippen molar-refractivity contribution in [3.05, 3.63) is 0 Å². The van der Waals surface area contributed by atoms with Crippen LogP contribution in [0.5, 0.6) is 0 Å². The van der Waals surface area contributed by atoms with Gasteiger partial charge in [-0.2, -0.15) is 0 Å². The zero-order valence-electron chi connectivity index (χ0n) is 15.0. The van der Waals surface area contributed by atoms with Crippen LogP contribution < -0.4 is 5.32 Å². The third kappa shape index (κ3) is 4.20. The second-order valence-electron chi connectivity index (χ2n) is 7.81. The summed E-state index contributed by atoms with van der Waals surface area (Å²) in [7, 11) is 0. The monoisotopic (exact) mass is 295 g/mol. The summed E-state index contributed by atoms with van der Waals surface area (Å²) >= 11 is 0. The normalized spacial score (nSPS) is 28.3. The Hall–Kier alpha value is -0.120. The van der Waals surface area contributed by atoms with Crippen LogP contribution in [-0.4, -0.2) is 60.6 Å². The van der Waals surface area contributed by atoms with Gasteiger partial charge in [0.05, 0.1) is 0 Å². The molecule has 0 aromatic rings. The Kier molecular flexibility index (Phi) is 6.10. The molecule has 3 heteroatoms. The summed E-state index contributed by atoms with van der Waals surface area (Å²) in [6, 6.07) is 2.15. The van der Waals surface area contributed by atoms with Crippen molar-refractivity contribution in [2.75, 3.05) is 32.7 Å². The Morgan fingerprint density at radius 2 is 1.90 bits per heavy atom. The molecule has 0 radical (unpaired) electrons. The highest BCUT2D eigenvalue weighted by Gasteiger charge is 2.38. The highest BCUT2D eigenvalue weighted by atomic mass is 15.3. The van der Waals surface area contributed by atoms with Gasteiger partial charge in [-0.25, -0.2) is 0 Å². The van der Waals surface area contributed by atoms with Crippen molar-refractivity contribution in [1.82, 2.24) is 15.1 Å². The van der Waals surface area contributed by atoms with E-state index in [1.807, 2.05) is 0 Å². The average molecular weight is 296 g/mol. The Morgan fingerprint density at radius 3 is 2.52 bits per heavy atom. The minimum absolute atomic E-state index is 0.444. The molecule has 3 nitrogen and oxygen atoms in total. The predicted molar refractivity (Wildman–Crippen MR) is 91.8 cm³/mol. The van der Waals surface area contributed by atoms with Crippen LogP contribution in [0, 0.1) is 5.41 Å². The fraction of sp³-hybridized carbons (Fsp3) is 1.00. The topological polar surface area (TPSA) is 18.5 Å². The maximum atomic E-state index is 3.70. The molecule has 0 spiro atoms. The van der Waals surface area contributed by atoms with Crippen LogP contribution in [0.25, 0.3) is 0 Å².